The molecule has 138 valence electrons. The first-order valence-corrected chi connectivity index (χ1v) is 8.96. The summed E-state index contributed by atoms with van der Waals surface area (Å²) in [7, 11) is 0. The Morgan fingerprint density at radius 3 is 2.65 bits per heavy atom. The molecule has 26 heavy (non-hydrogen) atoms. The maximum atomic E-state index is 13.0. The number of anilines is 1. The van der Waals surface area contributed by atoms with E-state index in [4.69, 9.17) is 4.74 Å². The van der Waals surface area contributed by atoms with Gasteiger partial charge in [0.2, 0.25) is 0 Å². The fourth-order valence-corrected chi connectivity index (χ4v) is 3.91. The van der Waals surface area contributed by atoms with Gasteiger partial charge >= 0.3 is 5.69 Å². The summed E-state index contributed by atoms with van der Waals surface area (Å²) in [5.74, 6) is 0.104. The molecule has 6 nitrogen and oxygen atoms in total. The molecule has 2 aliphatic carbocycles. The van der Waals surface area contributed by atoms with Crippen molar-refractivity contribution in [2.24, 2.45) is 5.41 Å². The third-order valence-corrected chi connectivity index (χ3v) is 5.46. The van der Waals surface area contributed by atoms with Gasteiger partial charge < -0.3 is 10.1 Å². The summed E-state index contributed by atoms with van der Waals surface area (Å²) in [6, 6.07) is 7.44. The summed E-state index contributed by atoms with van der Waals surface area (Å²) >= 11 is 0. The molecule has 0 saturated heterocycles. The summed E-state index contributed by atoms with van der Waals surface area (Å²) in [6.45, 7) is 2.84. The Balaban J connectivity index is 1.43. The van der Waals surface area contributed by atoms with Crippen molar-refractivity contribution in [3.63, 3.8) is 0 Å². The van der Waals surface area contributed by atoms with E-state index in [0.29, 0.717) is 17.5 Å². The third kappa shape index (κ3) is 3.19. The van der Waals surface area contributed by atoms with Crippen LogP contribution in [0.5, 0.6) is 0 Å². The Kier molecular flexibility index (Phi) is 4.19. The largest absolute Gasteiger partial charge is 0.378 e. The number of halogens is 1. The molecule has 2 aromatic rings. The topological polar surface area (TPSA) is 76.1 Å². The van der Waals surface area contributed by atoms with E-state index in [2.05, 4.69) is 10.3 Å². The quantitative estimate of drug-likeness (QED) is 0.828. The molecule has 2 aliphatic rings. The lowest BCUT2D eigenvalue weighted by Crippen LogP contribution is -2.38. The van der Waals surface area contributed by atoms with Crippen LogP contribution in [0, 0.1) is 11.2 Å². The zero-order valence-electron chi connectivity index (χ0n) is 14.6. The standard InChI is InChI=1S/C19H22FN3O3/c1-2-26-14-8-19(9-14)10-15(19)21-16-7-17(24)23(18(25)22-16)11-12-3-5-13(20)6-4-12/h3-7,14-15,21H,2,8-11H2,1H3,(H,22,25). The third-order valence-electron chi connectivity index (χ3n) is 5.46. The van der Waals surface area contributed by atoms with Crippen LogP contribution in [0.2, 0.25) is 0 Å². The van der Waals surface area contributed by atoms with Gasteiger partial charge in [-0.3, -0.25) is 14.3 Å². The predicted molar refractivity (Wildman–Crippen MR) is 95.9 cm³/mol. The fraction of sp³-hybridized carbons (Fsp3) is 0.474. The fourth-order valence-electron chi connectivity index (χ4n) is 3.91. The molecule has 0 radical (unpaired) electrons. The van der Waals surface area contributed by atoms with Gasteiger partial charge in [0, 0.05) is 18.7 Å². The van der Waals surface area contributed by atoms with Gasteiger partial charge in [0.05, 0.1) is 12.6 Å². The molecule has 1 heterocycles. The maximum Gasteiger partial charge on any atom is 0.330 e. The predicted octanol–water partition coefficient (Wildman–Crippen LogP) is 2.09. The number of aromatic amines is 1. The van der Waals surface area contributed by atoms with Crippen molar-refractivity contribution >= 4 is 5.82 Å². The van der Waals surface area contributed by atoms with Crippen LogP contribution in [-0.4, -0.2) is 28.3 Å². The number of ether oxygens (including phenoxy) is 1. The van der Waals surface area contributed by atoms with Crippen LogP contribution >= 0.6 is 0 Å². The molecule has 0 bridgehead atoms. The van der Waals surface area contributed by atoms with E-state index >= 15 is 0 Å². The zero-order valence-corrected chi connectivity index (χ0v) is 14.6. The lowest BCUT2D eigenvalue weighted by atomic mass is 9.78. The number of H-pyrrole nitrogens is 1. The summed E-state index contributed by atoms with van der Waals surface area (Å²) in [5.41, 5.74) is 0.105. The molecule has 2 N–H and O–H groups in total. The Morgan fingerprint density at radius 2 is 2.00 bits per heavy atom. The Labute approximate surface area is 150 Å². The van der Waals surface area contributed by atoms with Crippen LogP contribution in [0.1, 0.15) is 31.7 Å². The number of rotatable bonds is 6. The first-order chi connectivity index (χ1) is 12.5. The van der Waals surface area contributed by atoms with Gasteiger partial charge in [0.1, 0.15) is 11.6 Å². The summed E-state index contributed by atoms with van der Waals surface area (Å²) in [6.07, 6.45) is 3.45. The first kappa shape index (κ1) is 17.0. The van der Waals surface area contributed by atoms with Crippen molar-refractivity contribution in [2.45, 2.75) is 44.9 Å². The molecule has 1 atom stereocenters. The highest BCUT2D eigenvalue weighted by Crippen LogP contribution is 2.62. The SMILES string of the molecule is CCOC1CC2(C1)CC2Nc1cc(=O)n(Cc2ccc(F)cc2)c(=O)[nH]1. The molecule has 2 saturated carbocycles. The van der Waals surface area contributed by atoms with Gasteiger partial charge in [-0.1, -0.05) is 12.1 Å². The van der Waals surface area contributed by atoms with Crippen molar-refractivity contribution in [2.75, 3.05) is 11.9 Å². The Bertz CT molecular complexity index is 882. The molecule has 1 aromatic carbocycles. The highest BCUT2D eigenvalue weighted by molar-refractivity contribution is 5.39. The second-order valence-corrected chi connectivity index (χ2v) is 7.29. The average molecular weight is 359 g/mol. The van der Waals surface area contributed by atoms with Gasteiger partial charge in [-0.2, -0.15) is 0 Å². The van der Waals surface area contributed by atoms with Crippen LogP contribution in [0.4, 0.5) is 10.2 Å². The van der Waals surface area contributed by atoms with Crippen molar-refractivity contribution in [3.05, 3.63) is 62.6 Å². The highest BCUT2D eigenvalue weighted by Gasteiger charge is 2.62. The van der Waals surface area contributed by atoms with E-state index in [1.165, 1.54) is 18.2 Å². The molecular formula is C19H22FN3O3. The molecule has 1 aromatic heterocycles. The molecule has 0 aliphatic heterocycles. The number of nitrogens with one attached hydrogen (secondary N) is 2. The van der Waals surface area contributed by atoms with Crippen LogP contribution in [0.15, 0.2) is 39.9 Å². The minimum absolute atomic E-state index is 0.109. The Hall–Kier alpha value is -2.41. The maximum absolute atomic E-state index is 13.0. The monoisotopic (exact) mass is 359 g/mol. The van der Waals surface area contributed by atoms with Gasteiger partial charge in [-0.25, -0.2) is 9.18 Å². The number of benzene rings is 1. The first-order valence-electron chi connectivity index (χ1n) is 8.96. The summed E-state index contributed by atoms with van der Waals surface area (Å²) in [5, 5.41) is 3.28. The smallest absolute Gasteiger partial charge is 0.330 e. The highest BCUT2D eigenvalue weighted by atomic mass is 19.1. The molecule has 7 heteroatoms. The number of nitrogens with zero attached hydrogens (tertiary/aromatic N) is 1. The molecule has 4 rings (SSSR count). The van der Waals surface area contributed by atoms with E-state index in [9.17, 15) is 14.0 Å². The van der Waals surface area contributed by atoms with Crippen molar-refractivity contribution in [1.82, 2.24) is 9.55 Å². The normalized spacial score (nSPS) is 26.5. The summed E-state index contributed by atoms with van der Waals surface area (Å²) in [4.78, 5) is 27.3. The van der Waals surface area contributed by atoms with Crippen molar-refractivity contribution in [3.8, 4) is 0 Å². The molecule has 1 spiro atoms. The minimum Gasteiger partial charge on any atom is -0.378 e. The van der Waals surface area contributed by atoms with Crippen LogP contribution in [0.25, 0.3) is 0 Å². The van der Waals surface area contributed by atoms with E-state index in [0.717, 1.165) is 30.4 Å². The van der Waals surface area contributed by atoms with E-state index < -0.39 is 5.69 Å². The number of hydrogen-bond donors (Lipinski definition) is 2. The molecule has 0 amide bonds. The number of aromatic nitrogens is 2. The molecule has 1 unspecified atom stereocenters. The minimum atomic E-state index is -0.472. The van der Waals surface area contributed by atoms with Crippen LogP contribution in [-0.2, 0) is 11.3 Å². The van der Waals surface area contributed by atoms with E-state index in [-0.39, 0.29) is 29.4 Å². The van der Waals surface area contributed by atoms with Crippen molar-refractivity contribution < 1.29 is 9.13 Å². The lowest BCUT2D eigenvalue weighted by molar-refractivity contribution is -0.0356. The number of hydrogen-bond acceptors (Lipinski definition) is 4. The van der Waals surface area contributed by atoms with Gasteiger partial charge in [-0.15, -0.1) is 0 Å². The van der Waals surface area contributed by atoms with E-state index in [1.54, 1.807) is 12.1 Å². The van der Waals surface area contributed by atoms with Crippen LogP contribution < -0.4 is 16.6 Å². The second kappa shape index (κ2) is 6.39. The lowest BCUT2D eigenvalue weighted by Gasteiger charge is -2.36. The second-order valence-electron chi connectivity index (χ2n) is 7.29. The zero-order chi connectivity index (χ0) is 18.3. The van der Waals surface area contributed by atoms with Crippen molar-refractivity contribution in [1.29, 1.82) is 0 Å². The molecular weight excluding hydrogens is 337 g/mol. The van der Waals surface area contributed by atoms with Crippen LogP contribution in [0.3, 0.4) is 0 Å². The van der Waals surface area contributed by atoms with Gasteiger partial charge in [-0.05, 0) is 49.3 Å². The Morgan fingerprint density at radius 1 is 1.27 bits per heavy atom. The average Bonchev–Trinajstić information content (AvgIpc) is 3.26. The van der Waals surface area contributed by atoms with Gasteiger partial charge in [0.25, 0.3) is 5.56 Å². The van der Waals surface area contributed by atoms with Gasteiger partial charge in [0.15, 0.2) is 0 Å². The molecule has 2 fully saturated rings. The summed E-state index contributed by atoms with van der Waals surface area (Å²) < 4.78 is 19.7. The van der Waals surface area contributed by atoms with E-state index in [1.807, 2.05) is 6.92 Å².